The minimum Gasteiger partial charge on any atom is -0.398 e. The molecule has 0 aliphatic carbocycles. The Morgan fingerprint density at radius 3 is 2.55 bits per heavy atom. The van der Waals surface area contributed by atoms with E-state index in [1.54, 1.807) is 0 Å². The maximum Gasteiger partial charge on any atom is 0.355 e. The summed E-state index contributed by atoms with van der Waals surface area (Å²) in [4.78, 5) is 33.0. The van der Waals surface area contributed by atoms with E-state index in [4.69, 9.17) is 23.8 Å². The van der Waals surface area contributed by atoms with Crippen LogP contribution >= 0.6 is 11.6 Å². The number of benzene rings is 2. The second kappa shape index (κ2) is 9.62. The molecular weight excluding hydrogens is 461 g/mol. The van der Waals surface area contributed by atoms with E-state index in [9.17, 15) is 22.8 Å². The summed E-state index contributed by atoms with van der Waals surface area (Å²) >= 11 is 6.22. The van der Waals surface area contributed by atoms with E-state index in [0.29, 0.717) is 28.0 Å². The van der Waals surface area contributed by atoms with Crippen LogP contribution in [0.5, 0.6) is 0 Å². The van der Waals surface area contributed by atoms with Crippen LogP contribution in [0.15, 0.2) is 38.8 Å². The molecule has 0 radical (unpaired) electrons. The van der Waals surface area contributed by atoms with Crippen LogP contribution in [-0.2, 0) is 13.1 Å². The predicted octanol–water partition coefficient (Wildman–Crippen LogP) is 2.53. The van der Waals surface area contributed by atoms with E-state index < -0.39 is 41.9 Å². The molecule has 1 aromatic heterocycles. The van der Waals surface area contributed by atoms with Crippen molar-refractivity contribution in [3.8, 4) is 12.3 Å². The van der Waals surface area contributed by atoms with Crippen molar-refractivity contribution in [2.24, 2.45) is 4.99 Å². The van der Waals surface area contributed by atoms with Gasteiger partial charge in [-0.05, 0) is 18.2 Å². The quantitative estimate of drug-likeness (QED) is 0.246. The number of halogens is 4. The Bertz CT molecular complexity index is 1430. The maximum absolute atomic E-state index is 14.3. The van der Waals surface area contributed by atoms with Gasteiger partial charge in [0.1, 0.15) is 5.82 Å². The third-order valence-corrected chi connectivity index (χ3v) is 4.82. The fourth-order valence-electron chi connectivity index (χ4n) is 2.92. The van der Waals surface area contributed by atoms with Gasteiger partial charge in [0.25, 0.3) is 0 Å². The van der Waals surface area contributed by atoms with Crippen molar-refractivity contribution >= 4 is 35.1 Å². The molecule has 0 amide bonds. The van der Waals surface area contributed by atoms with Crippen LogP contribution in [0.4, 0.5) is 30.5 Å². The molecule has 0 spiro atoms. The van der Waals surface area contributed by atoms with E-state index in [1.807, 2.05) is 0 Å². The van der Waals surface area contributed by atoms with Gasteiger partial charge in [-0.15, -0.1) is 6.42 Å². The van der Waals surface area contributed by atoms with E-state index in [1.165, 1.54) is 25.4 Å². The third kappa shape index (κ3) is 4.91. The minimum absolute atomic E-state index is 0.119. The molecule has 0 atom stereocenters. The topological polar surface area (TPSA) is 107 Å². The average molecular weight is 477 g/mol. The Morgan fingerprint density at radius 2 is 1.88 bits per heavy atom. The molecule has 1 heterocycles. The summed E-state index contributed by atoms with van der Waals surface area (Å²) in [6.45, 7) is -1.01. The highest BCUT2D eigenvalue weighted by Gasteiger charge is 2.18. The van der Waals surface area contributed by atoms with Crippen molar-refractivity contribution in [3.05, 3.63) is 78.8 Å². The predicted molar refractivity (Wildman–Crippen MR) is 120 cm³/mol. The lowest BCUT2D eigenvalue weighted by Gasteiger charge is -2.17. The number of nitrogens with two attached hydrogens (primary N) is 1. The SMILES string of the molecule is C#CCn1c(=O)nc(Nc2cc(C=NC)c(N)cc2Cl)n(Cc2cc(F)c(F)cc2F)c1=O. The summed E-state index contributed by atoms with van der Waals surface area (Å²) in [5, 5.41) is 2.85. The Hall–Kier alpha value is -4.04. The lowest BCUT2D eigenvalue weighted by Crippen LogP contribution is -2.42. The number of terminal acetylenes is 1. The zero-order valence-corrected chi connectivity index (χ0v) is 17.8. The molecule has 0 fully saturated rings. The number of aliphatic imine (C=N–C) groups is 1. The zero-order chi connectivity index (χ0) is 24.3. The van der Waals surface area contributed by atoms with Crippen molar-refractivity contribution in [2.45, 2.75) is 13.1 Å². The van der Waals surface area contributed by atoms with Crippen LogP contribution in [0.3, 0.4) is 0 Å². The Morgan fingerprint density at radius 1 is 1.18 bits per heavy atom. The van der Waals surface area contributed by atoms with Crippen LogP contribution in [0, 0.1) is 29.8 Å². The normalized spacial score (nSPS) is 11.0. The number of hydrogen-bond acceptors (Lipinski definition) is 6. The molecule has 8 nitrogen and oxygen atoms in total. The van der Waals surface area contributed by atoms with E-state index in [2.05, 4.69) is 21.2 Å². The minimum atomic E-state index is -1.39. The van der Waals surface area contributed by atoms with Crippen LogP contribution in [-0.4, -0.2) is 27.4 Å². The molecule has 3 N–H and O–H groups in total. The van der Waals surface area contributed by atoms with Gasteiger partial charge in [0.05, 0.1) is 23.8 Å². The van der Waals surface area contributed by atoms with Crippen molar-refractivity contribution in [3.63, 3.8) is 0 Å². The molecule has 3 rings (SSSR count). The molecular formula is C21H16ClF3N6O2. The molecule has 33 heavy (non-hydrogen) atoms. The van der Waals surface area contributed by atoms with Gasteiger partial charge in [0.2, 0.25) is 5.95 Å². The number of aromatic nitrogens is 3. The van der Waals surface area contributed by atoms with E-state index >= 15 is 0 Å². The highest BCUT2D eigenvalue weighted by atomic mass is 35.5. The standard InChI is InChI=1S/C21H16ClF3N6O2/c1-3-4-30-20(32)29-19(28-18-6-11(9-27-2)17(26)7-13(18)22)31(21(30)33)10-12-5-15(24)16(25)8-14(12)23/h1,5-9H,4,10,26H2,2H3,(H,28,29,32). The van der Waals surface area contributed by atoms with Gasteiger partial charge in [0.15, 0.2) is 11.6 Å². The Kier molecular flexibility index (Phi) is 6.89. The van der Waals surface area contributed by atoms with Crippen LogP contribution in [0.2, 0.25) is 5.02 Å². The first kappa shape index (κ1) is 23.6. The number of nitrogens with zero attached hydrogens (tertiary/aromatic N) is 4. The maximum atomic E-state index is 14.3. The average Bonchev–Trinajstić information content (AvgIpc) is 2.75. The van der Waals surface area contributed by atoms with Crippen LogP contribution < -0.4 is 22.4 Å². The first-order valence-electron chi connectivity index (χ1n) is 9.23. The molecule has 0 bridgehead atoms. The summed E-state index contributed by atoms with van der Waals surface area (Å²) in [5.41, 5.74) is 4.57. The first-order valence-corrected chi connectivity index (χ1v) is 9.60. The van der Waals surface area contributed by atoms with Gasteiger partial charge < -0.3 is 11.1 Å². The number of nitrogens with one attached hydrogen (secondary N) is 1. The van der Waals surface area contributed by atoms with Crippen LogP contribution in [0.1, 0.15) is 11.1 Å². The van der Waals surface area contributed by atoms with Crippen LogP contribution in [0.25, 0.3) is 0 Å². The van der Waals surface area contributed by atoms with E-state index in [-0.39, 0.29) is 22.2 Å². The lowest BCUT2D eigenvalue weighted by atomic mass is 10.1. The van der Waals surface area contributed by atoms with Crippen molar-refractivity contribution < 1.29 is 13.2 Å². The molecule has 0 saturated carbocycles. The highest BCUT2D eigenvalue weighted by Crippen LogP contribution is 2.29. The highest BCUT2D eigenvalue weighted by molar-refractivity contribution is 6.33. The van der Waals surface area contributed by atoms with Crippen molar-refractivity contribution in [1.29, 1.82) is 0 Å². The molecule has 0 aliphatic rings. The number of nitrogen functional groups attached to an aromatic ring is 1. The fraction of sp³-hybridized carbons (Fsp3) is 0.143. The smallest absolute Gasteiger partial charge is 0.355 e. The third-order valence-electron chi connectivity index (χ3n) is 4.50. The number of rotatable bonds is 6. The van der Waals surface area contributed by atoms with Gasteiger partial charge >= 0.3 is 11.4 Å². The fourth-order valence-corrected chi connectivity index (χ4v) is 3.14. The van der Waals surface area contributed by atoms with Gasteiger partial charge in [-0.1, -0.05) is 17.5 Å². The summed E-state index contributed by atoms with van der Waals surface area (Å²) in [5.74, 6) is -2.00. The molecule has 170 valence electrons. The zero-order valence-electron chi connectivity index (χ0n) is 17.1. The Labute approximate surface area is 190 Å². The van der Waals surface area contributed by atoms with Gasteiger partial charge in [-0.3, -0.25) is 9.56 Å². The van der Waals surface area contributed by atoms with Gasteiger partial charge in [0, 0.05) is 36.1 Å². The molecule has 0 unspecified atom stereocenters. The molecule has 12 heteroatoms. The van der Waals surface area contributed by atoms with Gasteiger partial charge in [-0.2, -0.15) is 4.98 Å². The van der Waals surface area contributed by atoms with Crippen molar-refractivity contribution in [2.75, 3.05) is 18.1 Å². The molecule has 3 aromatic rings. The number of anilines is 3. The van der Waals surface area contributed by atoms with Crippen molar-refractivity contribution in [1.82, 2.24) is 14.1 Å². The summed E-state index contributed by atoms with van der Waals surface area (Å²) in [6.07, 6.45) is 6.67. The molecule has 0 aliphatic heterocycles. The monoisotopic (exact) mass is 476 g/mol. The Balaban J connectivity index is 2.19. The first-order chi connectivity index (χ1) is 15.7. The second-order valence-corrected chi connectivity index (χ2v) is 7.12. The summed E-state index contributed by atoms with van der Waals surface area (Å²) in [6, 6.07) is 3.86. The number of hydrogen-bond donors (Lipinski definition) is 2. The molecule has 2 aromatic carbocycles. The summed E-state index contributed by atoms with van der Waals surface area (Å²) < 4.78 is 42.8. The lowest BCUT2D eigenvalue weighted by molar-refractivity contribution is 0.486. The largest absolute Gasteiger partial charge is 0.398 e. The van der Waals surface area contributed by atoms with E-state index in [0.717, 1.165) is 4.57 Å². The summed E-state index contributed by atoms with van der Waals surface area (Å²) in [7, 11) is 1.53. The van der Waals surface area contributed by atoms with Gasteiger partial charge in [-0.25, -0.2) is 27.3 Å². The second-order valence-electron chi connectivity index (χ2n) is 6.71. The molecule has 0 saturated heterocycles.